The van der Waals surface area contributed by atoms with Crippen LogP contribution in [0.15, 0.2) is 46.2 Å². The average Bonchev–Trinajstić information content (AvgIpc) is 2.78. The third kappa shape index (κ3) is 7.36. The number of primary sulfonamides is 2. The molecule has 3 rings (SSSR count). The number of nitro groups is 2. The molecule has 0 spiro atoms. The molecule has 1 aliphatic heterocycles. The molecule has 35 heavy (non-hydrogen) atoms. The molecule has 17 heteroatoms. The van der Waals surface area contributed by atoms with E-state index in [9.17, 15) is 41.5 Å². The number of hydrogen-bond donors (Lipinski definition) is 2. The quantitative estimate of drug-likeness (QED) is 0.398. The molecular formula is C18H22FN5O9S2. The van der Waals surface area contributed by atoms with Gasteiger partial charge >= 0.3 is 5.69 Å². The summed E-state index contributed by atoms with van der Waals surface area (Å²) in [4.78, 5) is 20.9. The van der Waals surface area contributed by atoms with Crippen molar-refractivity contribution in [2.75, 3.05) is 25.2 Å². The number of ether oxygens (including phenoxy) is 1. The van der Waals surface area contributed by atoms with Crippen LogP contribution in [0.25, 0.3) is 0 Å². The molecule has 2 aromatic carbocycles. The molecule has 0 aliphatic carbocycles. The fraction of sp³-hybridized carbons (Fsp3) is 0.333. The van der Waals surface area contributed by atoms with Crippen LogP contribution >= 0.6 is 0 Å². The summed E-state index contributed by atoms with van der Waals surface area (Å²) in [6.07, 6.45) is 1.54. The lowest BCUT2D eigenvalue weighted by Crippen LogP contribution is -2.37. The highest BCUT2D eigenvalue weighted by atomic mass is 32.2. The molecule has 0 amide bonds. The second kappa shape index (κ2) is 11.0. The van der Waals surface area contributed by atoms with Crippen LogP contribution in [0.1, 0.15) is 12.8 Å². The molecule has 0 bridgehead atoms. The van der Waals surface area contributed by atoms with Crippen LogP contribution in [0, 0.1) is 26.0 Å². The first-order valence-electron chi connectivity index (χ1n) is 9.71. The van der Waals surface area contributed by atoms with E-state index >= 15 is 0 Å². The predicted octanol–water partition coefficient (Wildman–Crippen LogP) is 1.24. The summed E-state index contributed by atoms with van der Waals surface area (Å²) >= 11 is 0. The minimum Gasteiger partial charge on any atom is -0.381 e. The number of hydrogen-bond acceptors (Lipinski definition) is 10. The number of sulfonamides is 2. The van der Waals surface area contributed by atoms with Gasteiger partial charge in [0.2, 0.25) is 25.9 Å². The number of nitro benzene ring substituents is 2. The molecule has 0 aromatic heterocycles. The SMILES string of the molecule is CN(c1ccc(S(N)(=O)=O)cc1[N+](=O)[O-])C1CCOCC1.NS(=O)(=O)c1ccc(F)c([N+](=O)[O-])c1. The fourth-order valence-electron chi connectivity index (χ4n) is 3.20. The maximum absolute atomic E-state index is 12.7. The Hall–Kier alpha value is -3.25. The minimum atomic E-state index is -4.05. The summed E-state index contributed by atoms with van der Waals surface area (Å²) < 4.78 is 62.1. The second-order valence-corrected chi connectivity index (χ2v) is 10.4. The highest BCUT2D eigenvalue weighted by molar-refractivity contribution is 7.89. The monoisotopic (exact) mass is 535 g/mol. The Morgan fingerprint density at radius 3 is 1.83 bits per heavy atom. The fourth-order valence-corrected chi connectivity index (χ4v) is 4.27. The van der Waals surface area contributed by atoms with Crippen molar-refractivity contribution in [2.24, 2.45) is 10.3 Å². The molecule has 0 radical (unpaired) electrons. The van der Waals surface area contributed by atoms with Crippen molar-refractivity contribution in [2.45, 2.75) is 28.7 Å². The van der Waals surface area contributed by atoms with Gasteiger partial charge in [0, 0.05) is 38.4 Å². The Morgan fingerprint density at radius 1 is 0.914 bits per heavy atom. The number of nitrogens with two attached hydrogens (primary N) is 2. The van der Waals surface area contributed by atoms with Crippen molar-refractivity contribution < 1.29 is 35.8 Å². The first-order valence-corrected chi connectivity index (χ1v) is 12.8. The number of benzene rings is 2. The maximum atomic E-state index is 12.7. The summed E-state index contributed by atoms with van der Waals surface area (Å²) in [5, 5.41) is 31.2. The van der Waals surface area contributed by atoms with E-state index in [0.717, 1.165) is 25.0 Å². The highest BCUT2D eigenvalue weighted by Crippen LogP contribution is 2.32. The summed E-state index contributed by atoms with van der Waals surface area (Å²) in [7, 11) is -6.26. The molecule has 192 valence electrons. The first kappa shape index (κ1) is 28.0. The van der Waals surface area contributed by atoms with E-state index in [0.29, 0.717) is 31.0 Å². The number of anilines is 1. The van der Waals surface area contributed by atoms with Crippen LogP contribution in [0.3, 0.4) is 0 Å². The minimum absolute atomic E-state index is 0.123. The van der Waals surface area contributed by atoms with Gasteiger partial charge in [0.25, 0.3) is 5.69 Å². The predicted molar refractivity (Wildman–Crippen MR) is 121 cm³/mol. The van der Waals surface area contributed by atoms with E-state index in [-0.39, 0.29) is 16.6 Å². The Morgan fingerprint density at radius 2 is 1.37 bits per heavy atom. The van der Waals surface area contributed by atoms with Gasteiger partial charge in [-0.15, -0.1) is 0 Å². The third-order valence-corrected chi connectivity index (χ3v) is 6.86. The van der Waals surface area contributed by atoms with Gasteiger partial charge in [-0.25, -0.2) is 27.1 Å². The number of rotatable bonds is 6. The molecule has 1 aliphatic rings. The Balaban J connectivity index is 0.000000269. The van der Waals surface area contributed by atoms with Gasteiger partial charge in [0.05, 0.1) is 19.6 Å². The van der Waals surface area contributed by atoms with Crippen LogP contribution in [-0.4, -0.2) is 53.0 Å². The van der Waals surface area contributed by atoms with Crippen molar-refractivity contribution in [3.63, 3.8) is 0 Å². The molecule has 1 saturated heterocycles. The highest BCUT2D eigenvalue weighted by Gasteiger charge is 2.26. The van der Waals surface area contributed by atoms with Crippen LogP contribution in [0.5, 0.6) is 0 Å². The van der Waals surface area contributed by atoms with Crippen LogP contribution < -0.4 is 15.2 Å². The zero-order chi connectivity index (χ0) is 26.6. The van der Waals surface area contributed by atoms with Crippen LogP contribution in [0.2, 0.25) is 0 Å². The molecule has 4 N–H and O–H groups in total. The topological polar surface area (TPSA) is 219 Å². The zero-order valence-electron chi connectivity index (χ0n) is 18.2. The molecule has 0 saturated carbocycles. The lowest BCUT2D eigenvalue weighted by Gasteiger charge is -2.32. The van der Waals surface area contributed by atoms with E-state index in [2.05, 4.69) is 0 Å². The van der Waals surface area contributed by atoms with Gasteiger partial charge in [0.15, 0.2) is 0 Å². The summed E-state index contributed by atoms with van der Waals surface area (Å²) in [5.74, 6) is -1.11. The largest absolute Gasteiger partial charge is 0.381 e. The van der Waals surface area contributed by atoms with Gasteiger partial charge in [0.1, 0.15) is 5.69 Å². The lowest BCUT2D eigenvalue weighted by molar-refractivity contribution is -0.387. The first-order chi connectivity index (χ1) is 16.1. The Labute approximate surface area is 199 Å². The lowest BCUT2D eigenvalue weighted by atomic mass is 10.1. The van der Waals surface area contributed by atoms with Gasteiger partial charge < -0.3 is 9.64 Å². The zero-order valence-corrected chi connectivity index (χ0v) is 19.9. The number of nitrogens with zero attached hydrogens (tertiary/aromatic N) is 3. The van der Waals surface area contributed by atoms with Gasteiger partial charge in [-0.1, -0.05) is 0 Å². The van der Waals surface area contributed by atoms with Crippen molar-refractivity contribution >= 4 is 37.1 Å². The summed E-state index contributed by atoms with van der Waals surface area (Å²) in [6, 6.07) is 5.94. The average molecular weight is 536 g/mol. The molecule has 0 unspecified atom stereocenters. The van der Waals surface area contributed by atoms with E-state index in [1.807, 2.05) is 0 Å². The van der Waals surface area contributed by atoms with Crippen molar-refractivity contribution in [3.8, 4) is 0 Å². The van der Waals surface area contributed by atoms with Crippen molar-refractivity contribution in [3.05, 3.63) is 62.4 Å². The van der Waals surface area contributed by atoms with E-state index in [4.69, 9.17) is 15.0 Å². The molecule has 0 atom stereocenters. The van der Waals surface area contributed by atoms with E-state index in [1.165, 1.54) is 12.1 Å². The summed E-state index contributed by atoms with van der Waals surface area (Å²) in [5.41, 5.74) is -0.814. The maximum Gasteiger partial charge on any atom is 0.306 e. The van der Waals surface area contributed by atoms with E-state index in [1.54, 1.807) is 11.9 Å². The second-order valence-electron chi connectivity index (χ2n) is 7.32. The standard InChI is InChI=1S/C12H17N3O5S.C6H5FN2O4S/c1-14(9-4-6-20-7-5-9)11-3-2-10(21(13,18)19)8-12(11)15(16)17;7-5-2-1-4(14(8,12)13)3-6(5)9(10)11/h2-3,8-9H,4-7H2,1H3,(H2,13,18,19);1-3H,(H2,8,12,13). The molecule has 1 heterocycles. The van der Waals surface area contributed by atoms with Crippen molar-refractivity contribution in [1.82, 2.24) is 0 Å². The molecular weight excluding hydrogens is 513 g/mol. The molecule has 1 fully saturated rings. The normalized spacial score (nSPS) is 14.5. The molecule has 14 nitrogen and oxygen atoms in total. The van der Waals surface area contributed by atoms with E-state index < -0.39 is 46.3 Å². The Kier molecular flexibility index (Phi) is 8.79. The van der Waals surface area contributed by atoms with Gasteiger partial charge in [-0.2, -0.15) is 4.39 Å². The van der Waals surface area contributed by atoms with Crippen LogP contribution in [0.4, 0.5) is 21.5 Å². The van der Waals surface area contributed by atoms with Gasteiger partial charge in [-0.05, 0) is 37.1 Å². The summed E-state index contributed by atoms with van der Waals surface area (Å²) in [6.45, 7) is 1.22. The Bertz CT molecular complexity index is 1330. The smallest absolute Gasteiger partial charge is 0.306 e. The molecule has 2 aromatic rings. The third-order valence-electron chi connectivity index (χ3n) is 5.03. The van der Waals surface area contributed by atoms with Crippen LogP contribution in [-0.2, 0) is 24.8 Å². The van der Waals surface area contributed by atoms with Gasteiger partial charge in [-0.3, -0.25) is 20.2 Å². The number of halogens is 1. The van der Waals surface area contributed by atoms with Crippen molar-refractivity contribution in [1.29, 1.82) is 0 Å².